The highest BCUT2D eigenvalue weighted by Gasteiger charge is 2.48. The van der Waals surface area contributed by atoms with E-state index in [-0.39, 0.29) is 6.54 Å². The lowest BCUT2D eigenvalue weighted by Gasteiger charge is -2.22. The molecule has 3 rings (SSSR count). The van der Waals surface area contributed by atoms with Gasteiger partial charge in [0.05, 0.1) is 16.6 Å². The summed E-state index contributed by atoms with van der Waals surface area (Å²) < 4.78 is 13.1. The van der Waals surface area contributed by atoms with Gasteiger partial charge in [0.25, 0.3) is 5.91 Å². The van der Waals surface area contributed by atoms with E-state index in [2.05, 4.69) is 5.32 Å². The Morgan fingerprint density at radius 1 is 1.08 bits per heavy atom. The number of carbonyl (C=O) groups excluding carboxylic acids is 2. The van der Waals surface area contributed by atoms with E-state index in [0.29, 0.717) is 21.2 Å². The molecule has 1 unspecified atom stereocenters. The maximum Gasteiger partial charge on any atom is 0.325 e. The topological polar surface area (TPSA) is 49.4 Å². The van der Waals surface area contributed by atoms with E-state index in [1.54, 1.807) is 25.1 Å². The van der Waals surface area contributed by atoms with Gasteiger partial charge in [-0.1, -0.05) is 41.4 Å². The molecule has 1 aliphatic heterocycles. The summed E-state index contributed by atoms with van der Waals surface area (Å²) in [4.78, 5) is 26.1. The molecule has 1 fully saturated rings. The Balaban J connectivity index is 1.88. The maximum atomic E-state index is 13.1. The van der Waals surface area contributed by atoms with E-state index in [0.717, 1.165) is 4.90 Å². The maximum absolute atomic E-state index is 13.1. The molecular formula is C17H13Cl2FN2O2. The molecule has 1 atom stereocenters. The van der Waals surface area contributed by atoms with Crippen LogP contribution in [0.1, 0.15) is 18.1 Å². The minimum Gasteiger partial charge on any atom is -0.319 e. The summed E-state index contributed by atoms with van der Waals surface area (Å²) in [6, 6.07) is 9.87. The zero-order chi connectivity index (χ0) is 17.5. The van der Waals surface area contributed by atoms with E-state index in [1.165, 1.54) is 24.3 Å². The SMILES string of the molecule is CC1(c2ccc(F)cc2)NC(=O)N(Cc2ccc(Cl)c(Cl)c2)C1=O. The van der Waals surface area contributed by atoms with Gasteiger partial charge in [-0.2, -0.15) is 0 Å². The molecule has 1 N–H and O–H groups in total. The first-order valence-corrected chi connectivity index (χ1v) is 7.91. The van der Waals surface area contributed by atoms with Crippen molar-refractivity contribution >= 4 is 35.1 Å². The number of rotatable bonds is 3. The molecule has 4 nitrogen and oxygen atoms in total. The molecule has 2 aromatic carbocycles. The van der Waals surface area contributed by atoms with E-state index in [9.17, 15) is 14.0 Å². The van der Waals surface area contributed by atoms with Crippen molar-refractivity contribution in [3.63, 3.8) is 0 Å². The third kappa shape index (κ3) is 2.85. The average Bonchev–Trinajstić information content (AvgIpc) is 2.76. The lowest BCUT2D eigenvalue weighted by molar-refractivity contribution is -0.131. The average molecular weight is 367 g/mol. The Morgan fingerprint density at radius 3 is 2.38 bits per heavy atom. The Labute approximate surface area is 148 Å². The quantitative estimate of drug-likeness (QED) is 0.831. The van der Waals surface area contributed by atoms with Crippen molar-refractivity contribution < 1.29 is 14.0 Å². The summed E-state index contributed by atoms with van der Waals surface area (Å²) in [6.07, 6.45) is 0. The fraction of sp³-hybridized carbons (Fsp3) is 0.176. The standard InChI is InChI=1S/C17H13Cl2FN2O2/c1-17(11-3-5-12(20)6-4-11)15(23)22(16(24)21-17)9-10-2-7-13(18)14(19)8-10/h2-8H,9H2,1H3,(H,21,24). The number of nitrogens with one attached hydrogen (secondary N) is 1. The van der Waals surface area contributed by atoms with Gasteiger partial charge in [-0.05, 0) is 42.3 Å². The predicted molar refractivity (Wildman–Crippen MR) is 89.3 cm³/mol. The van der Waals surface area contributed by atoms with Crippen LogP contribution in [-0.2, 0) is 16.9 Å². The van der Waals surface area contributed by atoms with Crippen LogP contribution in [-0.4, -0.2) is 16.8 Å². The number of benzene rings is 2. The Bertz CT molecular complexity index is 826. The lowest BCUT2D eigenvalue weighted by Crippen LogP contribution is -2.40. The van der Waals surface area contributed by atoms with Gasteiger partial charge in [0.1, 0.15) is 11.4 Å². The van der Waals surface area contributed by atoms with Crippen LogP contribution in [0, 0.1) is 5.82 Å². The second-order valence-electron chi connectivity index (χ2n) is 5.70. The molecule has 1 heterocycles. The molecule has 24 heavy (non-hydrogen) atoms. The Morgan fingerprint density at radius 2 is 1.75 bits per heavy atom. The largest absolute Gasteiger partial charge is 0.325 e. The number of halogens is 3. The van der Waals surface area contributed by atoms with Crippen molar-refractivity contribution in [3.8, 4) is 0 Å². The first kappa shape index (κ1) is 16.7. The van der Waals surface area contributed by atoms with E-state index < -0.39 is 23.3 Å². The monoisotopic (exact) mass is 366 g/mol. The van der Waals surface area contributed by atoms with Crippen LogP contribution in [0.2, 0.25) is 10.0 Å². The highest BCUT2D eigenvalue weighted by molar-refractivity contribution is 6.42. The van der Waals surface area contributed by atoms with Gasteiger partial charge in [-0.25, -0.2) is 9.18 Å². The van der Waals surface area contributed by atoms with Gasteiger partial charge in [-0.15, -0.1) is 0 Å². The molecule has 0 aliphatic carbocycles. The second kappa shape index (κ2) is 6.07. The van der Waals surface area contributed by atoms with Gasteiger partial charge < -0.3 is 5.32 Å². The summed E-state index contributed by atoms with van der Waals surface area (Å²) in [5, 5.41) is 3.41. The van der Waals surface area contributed by atoms with Crippen LogP contribution in [0.15, 0.2) is 42.5 Å². The number of carbonyl (C=O) groups is 2. The summed E-state index contributed by atoms with van der Waals surface area (Å²) in [5.41, 5.74) is -0.0452. The van der Waals surface area contributed by atoms with Crippen LogP contribution in [0.4, 0.5) is 9.18 Å². The highest BCUT2D eigenvalue weighted by Crippen LogP contribution is 2.31. The van der Waals surface area contributed by atoms with Crippen molar-refractivity contribution in [1.29, 1.82) is 0 Å². The van der Waals surface area contributed by atoms with Crippen LogP contribution in [0.5, 0.6) is 0 Å². The minimum absolute atomic E-state index is 0.0678. The molecule has 0 radical (unpaired) electrons. The van der Waals surface area contributed by atoms with Gasteiger partial charge in [0, 0.05) is 0 Å². The summed E-state index contributed by atoms with van der Waals surface area (Å²) in [5.74, 6) is -0.822. The van der Waals surface area contributed by atoms with Crippen LogP contribution in [0.3, 0.4) is 0 Å². The zero-order valence-corrected chi connectivity index (χ0v) is 14.2. The van der Waals surface area contributed by atoms with Crippen LogP contribution < -0.4 is 5.32 Å². The molecule has 0 spiro atoms. The zero-order valence-electron chi connectivity index (χ0n) is 12.6. The third-order valence-electron chi connectivity index (χ3n) is 4.02. The fourth-order valence-corrected chi connectivity index (χ4v) is 2.96. The van der Waals surface area contributed by atoms with Gasteiger partial charge in [-0.3, -0.25) is 9.69 Å². The van der Waals surface area contributed by atoms with Crippen molar-refractivity contribution in [3.05, 3.63) is 69.5 Å². The molecule has 7 heteroatoms. The molecule has 0 bridgehead atoms. The first-order chi connectivity index (χ1) is 11.3. The van der Waals surface area contributed by atoms with E-state index in [4.69, 9.17) is 23.2 Å². The Hall–Kier alpha value is -2.11. The highest BCUT2D eigenvalue weighted by atomic mass is 35.5. The molecular weight excluding hydrogens is 354 g/mol. The van der Waals surface area contributed by atoms with Crippen molar-refractivity contribution in [2.45, 2.75) is 19.0 Å². The first-order valence-electron chi connectivity index (χ1n) is 7.15. The normalized spacial score (nSPS) is 20.4. The van der Waals surface area contributed by atoms with Gasteiger partial charge in [0.2, 0.25) is 0 Å². The summed E-state index contributed by atoms with van der Waals surface area (Å²) >= 11 is 11.8. The molecule has 1 aliphatic rings. The number of amides is 3. The summed E-state index contributed by atoms with van der Waals surface area (Å²) in [7, 11) is 0. The molecule has 2 aromatic rings. The lowest BCUT2D eigenvalue weighted by atomic mass is 9.92. The number of hydrogen-bond donors (Lipinski definition) is 1. The van der Waals surface area contributed by atoms with E-state index in [1.807, 2.05) is 0 Å². The molecule has 0 saturated carbocycles. The van der Waals surface area contributed by atoms with Crippen molar-refractivity contribution in [1.82, 2.24) is 10.2 Å². The summed E-state index contributed by atoms with van der Waals surface area (Å²) in [6.45, 7) is 1.66. The second-order valence-corrected chi connectivity index (χ2v) is 6.52. The van der Waals surface area contributed by atoms with Crippen molar-refractivity contribution in [2.24, 2.45) is 0 Å². The van der Waals surface area contributed by atoms with Crippen molar-refractivity contribution in [2.75, 3.05) is 0 Å². The molecule has 1 saturated heterocycles. The van der Waals surface area contributed by atoms with Gasteiger partial charge >= 0.3 is 6.03 Å². The third-order valence-corrected chi connectivity index (χ3v) is 4.76. The van der Waals surface area contributed by atoms with E-state index >= 15 is 0 Å². The smallest absolute Gasteiger partial charge is 0.319 e. The molecule has 124 valence electrons. The van der Waals surface area contributed by atoms with Crippen LogP contribution in [0.25, 0.3) is 0 Å². The number of nitrogens with zero attached hydrogens (tertiary/aromatic N) is 1. The Kier molecular flexibility index (Phi) is 4.24. The predicted octanol–water partition coefficient (Wildman–Crippen LogP) is 4.10. The number of imide groups is 1. The van der Waals surface area contributed by atoms with Gasteiger partial charge in [0.15, 0.2) is 0 Å². The fourth-order valence-electron chi connectivity index (χ4n) is 2.64. The number of urea groups is 1. The van der Waals surface area contributed by atoms with Crippen LogP contribution >= 0.6 is 23.2 Å². The minimum atomic E-state index is -1.24. The number of hydrogen-bond acceptors (Lipinski definition) is 2. The molecule has 3 amide bonds. The molecule has 0 aromatic heterocycles.